The summed E-state index contributed by atoms with van der Waals surface area (Å²) in [4.78, 5) is 12.6. The maximum atomic E-state index is 12.6. The first-order valence-electron chi connectivity index (χ1n) is 14.2. The van der Waals surface area contributed by atoms with Crippen LogP contribution >= 0.6 is 0 Å². The van der Waals surface area contributed by atoms with Gasteiger partial charge < -0.3 is 9.47 Å². The number of hydrogen-bond donors (Lipinski definition) is 0. The lowest BCUT2D eigenvalue weighted by molar-refractivity contribution is -0.140. The van der Waals surface area contributed by atoms with Gasteiger partial charge in [0.25, 0.3) is 0 Å². The van der Waals surface area contributed by atoms with E-state index in [1.54, 1.807) is 0 Å². The normalized spacial score (nSPS) is 25.0. The van der Waals surface area contributed by atoms with Gasteiger partial charge in [0, 0.05) is 0 Å². The van der Waals surface area contributed by atoms with Crippen molar-refractivity contribution in [2.45, 2.75) is 110 Å². The Morgan fingerprint density at radius 1 is 0.824 bits per heavy atom. The Morgan fingerprint density at radius 3 is 2.00 bits per heavy atom. The monoisotopic (exact) mass is 468 g/mol. The van der Waals surface area contributed by atoms with E-state index in [1.807, 2.05) is 30.3 Å². The fourth-order valence-corrected chi connectivity index (χ4v) is 5.90. The molecule has 0 unspecified atom stereocenters. The molecule has 0 aliphatic heterocycles. The number of unbranched alkanes of at least 4 members (excludes halogenated alkanes) is 2. The highest BCUT2D eigenvalue weighted by Gasteiger charge is 2.27. The van der Waals surface area contributed by atoms with Crippen LogP contribution in [0.3, 0.4) is 0 Å². The van der Waals surface area contributed by atoms with Gasteiger partial charge in [-0.2, -0.15) is 0 Å². The van der Waals surface area contributed by atoms with Gasteiger partial charge >= 0.3 is 5.97 Å². The van der Waals surface area contributed by atoms with E-state index in [2.05, 4.69) is 13.5 Å². The average Bonchev–Trinajstić information content (AvgIpc) is 2.87. The number of carbonyl (C=O) groups is 1. The molecule has 1 aromatic rings. The van der Waals surface area contributed by atoms with Crippen LogP contribution in [-0.2, 0) is 4.79 Å². The fourth-order valence-electron chi connectivity index (χ4n) is 5.90. The second kappa shape index (κ2) is 15.3. The van der Waals surface area contributed by atoms with E-state index >= 15 is 0 Å². The van der Waals surface area contributed by atoms with Gasteiger partial charge in [0.2, 0.25) is 0 Å². The van der Waals surface area contributed by atoms with Gasteiger partial charge in [-0.3, -0.25) is 4.79 Å². The average molecular weight is 469 g/mol. The predicted molar refractivity (Wildman–Crippen MR) is 141 cm³/mol. The quantitative estimate of drug-likeness (QED) is 0.118. The third-order valence-corrected chi connectivity index (χ3v) is 8.21. The van der Waals surface area contributed by atoms with E-state index in [-0.39, 0.29) is 11.9 Å². The maximum Gasteiger partial charge on any atom is 0.314 e. The molecule has 2 saturated carbocycles. The van der Waals surface area contributed by atoms with Crippen molar-refractivity contribution in [2.75, 3.05) is 6.61 Å². The molecule has 0 aromatic heterocycles. The Kier molecular flexibility index (Phi) is 12.1. The molecule has 34 heavy (non-hydrogen) atoms. The number of hydrogen-bond acceptors (Lipinski definition) is 3. The standard InChI is InChI=1S/C31H48O3/c1-3-5-7-10-26-12-14-27(15-13-26)11-8-24-33-29-20-22-30(23-21-29)34-31(32)28-18-16-25(17-19-28)9-6-4-2/h4,20-23,25-28H,2-3,5-19,24H2,1H3. The van der Waals surface area contributed by atoms with Gasteiger partial charge in [0.1, 0.15) is 11.5 Å². The summed E-state index contributed by atoms with van der Waals surface area (Å²) in [6, 6.07) is 7.58. The van der Waals surface area contributed by atoms with Crippen LogP contribution in [0, 0.1) is 23.7 Å². The Labute approximate surface area is 208 Å². The van der Waals surface area contributed by atoms with E-state index in [0.29, 0.717) is 5.75 Å². The highest BCUT2D eigenvalue weighted by molar-refractivity contribution is 5.75. The Morgan fingerprint density at radius 2 is 1.38 bits per heavy atom. The number of esters is 1. The van der Waals surface area contributed by atoms with Gasteiger partial charge in [-0.05, 0) is 93.4 Å². The van der Waals surface area contributed by atoms with Crippen molar-refractivity contribution >= 4 is 5.97 Å². The second-order valence-electron chi connectivity index (χ2n) is 10.8. The minimum Gasteiger partial charge on any atom is -0.494 e. The third kappa shape index (κ3) is 9.47. The summed E-state index contributed by atoms with van der Waals surface area (Å²) in [7, 11) is 0. The van der Waals surface area contributed by atoms with Crippen LogP contribution in [0.5, 0.6) is 11.5 Å². The number of ether oxygens (including phenoxy) is 2. The van der Waals surface area contributed by atoms with Crippen molar-refractivity contribution < 1.29 is 14.3 Å². The zero-order chi connectivity index (χ0) is 24.0. The topological polar surface area (TPSA) is 35.5 Å². The van der Waals surface area contributed by atoms with Crippen molar-refractivity contribution in [1.82, 2.24) is 0 Å². The molecule has 2 fully saturated rings. The van der Waals surface area contributed by atoms with Crippen LogP contribution in [0.1, 0.15) is 110 Å². The molecule has 0 N–H and O–H groups in total. The van der Waals surface area contributed by atoms with Gasteiger partial charge in [0.05, 0.1) is 12.5 Å². The minimum absolute atomic E-state index is 0.0438. The van der Waals surface area contributed by atoms with Crippen molar-refractivity contribution in [1.29, 1.82) is 0 Å². The molecule has 3 nitrogen and oxygen atoms in total. The van der Waals surface area contributed by atoms with Crippen LogP contribution in [0.25, 0.3) is 0 Å². The molecular formula is C31H48O3. The highest BCUT2D eigenvalue weighted by Crippen LogP contribution is 2.35. The molecule has 2 aliphatic rings. The number of allylic oxidation sites excluding steroid dienone is 1. The number of carbonyl (C=O) groups excluding carboxylic acids is 1. The SMILES string of the molecule is C=CCCC1CCC(C(=O)Oc2ccc(OCCCC3CCC(CCCCC)CC3)cc2)CC1. The summed E-state index contributed by atoms with van der Waals surface area (Å²) >= 11 is 0. The minimum atomic E-state index is -0.0732. The lowest BCUT2D eigenvalue weighted by atomic mass is 9.78. The summed E-state index contributed by atoms with van der Waals surface area (Å²) in [6.07, 6.45) is 22.1. The summed E-state index contributed by atoms with van der Waals surface area (Å²) in [5, 5.41) is 0. The lowest BCUT2D eigenvalue weighted by Crippen LogP contribution is -2.25. The molecule has 0 heterocycles. The van der Waals surface area contributed by atoms with Crippen LogP contribution in [-0.4, -0.2) is 12.6 Å². The fraction of sp³-hybridized carbons (Fsp3) is 0.710. The molecule has 0 atom stereocenters. The lowest BCUT2D eigenvalue weighted by Gasteiger charge is -2.28. The largest absolute Gasteiger partial charge is 0.494 e. The highest BCUT2D eigenvalue weighted by atomic mass is 16.5. The number of rotatable bonds is 14. The van der Waals surface area contributed by atoms with Gasteiger partial charge in [-0.1, -0.05) is 64.4 Å². The molecule has 3 heteroatoms. The summed E-state index contributed by atoms with van der Waals surface area (Å²) in [5.41, 5.74) is 0. The van der Waals surface area contributed by atoms with Gasteiger partial charge in [-0.15, -0.1) is 6.58 Å². The van der Waals surface area contributed by atoms with Crippen LogP contribution in [0.4, 0.5) is 0 Å². The van der Waals surface area contributed by atoms with E-state index in [4.69, 9.17) is 9.47 Å². The molecule has 0 bridgehead atoms. The van der Waals surface area contributed by atoms with E-state index in [1.165, 1.54) is 64.2 Å². The van der Waals surface area contributed by atoms with Crippen molar-refractivity contribution in [3.8, 4) is 11.5 Å². The Balaban J connectivity index is 1.27. The van der Waals surface area contributed by atoms with Gasteiger partial charge in [-0.25, -0.2) is 0 Å². The second-order valence-corrected chi connectivity index (χ2v) is 10.8. The molecule has 190 valence electrons. The Hall–Kier alpha value is -1.77. The summed E-state index contributed by atoms with van der Waals surface area (Å²) < 4.78 is 11.6. The summed E-state index contributed by atoms with van der Waals surface area (Å²) in [6.45, 7) is 6.87. The van der Waals surface area contributed by atoms with Crippen LogP contribution in [0.2, 0.25) is 0 Å². The number of benzene rings is 1. The molecule has 2 aliphatic carbocycles. The van der Waals surface area contributed by atoms with E-state index < -0.39 is 0 Å². The Bertz CT molecular complexity index is 694. The third-order valence-electron chi connectivity index (χ3n) is 8.21. The first-order valence-corrected chi connectivity index (χ1v) is 14.2. The molecule has 0 spiro atoms. The van der Waals surface area contributed by atoms with Gasteiger partial charge in [0.15, 0.2) is 0 Å². The maximum absolute atomic E-state index is 12.6. The van der Waals surface area contributed by atoms with Crippen LogP contribution in [0.15, 0.2) is 36.9 Å². The molecular weight excluding hydrogens is 420 g/mol. The first-order chi connectivity index (χ1) is 16.7. The zero-order valence-corrected chi connectivity index (χ0v) is 21.6. The van der Waals surface area contributed by atoms with E-state index in [0.717, 1.165) is 68.6 Å². The van der Waals surface area contributed by atoms with Crippen LogP contribution < -0.4 is 9.47 Å². The smallest absolute Gasteiger partial charge is 0.314 e. The first kappa shape index (κ1) is 26.8. The van der Waals surface area contributed by atoms with Crippen molar-refractivity contribution in [3.63, 3.8) is 0 Å². The zero-order valence-electron chi connectivity index (χ0n) is 21.6. The summed E-state index contributed by atoms with van der Waals surface area (Å²) in [5.74, 6) is 4.08. The molecule has 0 saturated heterocycles. The molecule has 0 amide bonds. The molecule has 0 radical (unpaired) electrons. The van der Waals surface area contributed by atoms with E-state index in [9.17, 15) is 4.79 Å². The molecule has 3 rings (SSSR count). The molecule has 1 aromatic carbocycles. The van der Waals surface area contributed by atoms with Crippen molar-refractivity contribution in [2.24, 2.45) is 23.7 Å². The van der Waals surface area contributed by atoms with Crippen molar-refractivity contribution in [3.05, 3.63) is 36.9 Å². The predicted octanol–water partition coefficient (Wildman–Crippen LogP) is 8.91.